The summed E-state index contributed by atoms with van der Waals surface area (Å²) in [5.74, 6) is 0.390. The van der Waals surface area contributed by atoms with Crippen molar-refractivity contribution in [3.05, 3.63) is 89.7 Å². The van der Waals surface area contributed by atoms with Gasteiger partial charge in [-0.2, -0.15) is 0 Å². The van der Waals surface area contributed by atoms with Crippen LogP contribution < -0.4 is 19.5 Å². The number of halogens is 1. The monoisotopic (exact) mass is 395 g/mol. The summed E-state index contributed by atoms with van der Waals surface area (Å²) >= 11 is 0. The Morgan fingerprint density at radius 3 is 2.38 bits per heavy atom. The van der Waals surface area contributed by atoms with E-state index in [1.54, 1.807) is 31.4 Å². The molecular weight excluding hydrogens is 373 g/mol. The first-order chi connectivity index (χ1) is 14.2. The zero-order chi connectivity index (χ0) is 20.5. The maximum atomic E-state index is 13.5. The highest BCUT2D eigenvalue weighted by Crippen LogP contribution is 2.28. The zero-order valence-electron chi connectivity index (χ0n) is 16.1. The first-order valence-corrected chi connectivity index (χ1v) is 9.13. The van der Waals surface area contributed by atoms with E-state index in [-0.39, 0.29) is 24.8 Å². The predicted octanol–water partition coefficient (Wildman–Crippen LogP) is 4.11. The number of nitrogens with one attached hydrogen (secondary N) is 1. The average molecular weight is 395 g/mol. The lowest BCUT2D eigenvalue weighted by Gasteiger charge is -2.13. The van der Waals surface area contributed by atoms with Crippen LogP contribution in [0.2, 0.25) is 0 Å². The number of carbonyl (C=O) groups is 1. The van der Waals surface area contributed by atoms with E-state index in [9.17, 15) is 9.18 Å². The highest BCUT2D eigenvalue weighted by molar-refractivity contribution is 5.77. The fourth-order valence-corrected chi connectivity index (χ4v) is 2.63. The molecule has 0 fully saturated rings. The van der Waals surface area contributed by atoms with Crippen LogP contribution in [0.5, 0.6) is 17.2 Å². The second-order valence-corrected chi connectivity index (χ2v) is 6.26. The average Bonchev–Trinajstić information content (AvgIpc) is 2.76. The SMILES string of the molecule is COc1cc(CNC(=O)COc2ccccc2F)ccc1OCc1ccccc1. The minimum atomic E-state index is -0.504. The normalized spacial score (nSPS) is 10.3. The molecule has 0 atom stereocenters. The molecule has 0 radical (unpaired) electrons. The first-order valence-electron chi connectivity index (χ1n) is 9.13. The van der Waals surface area contributed by atoms with Crippen molar-refractivity contribution in [3.63, 3.8) is 0 Å². The van der Waals surface area contributed by atoms with Crippen LogP contribution in [0.25, 0.3) is 0 Å². The number of carbonyl (C=O) groups excluding carboxylic acids is 1. The number of hydrogen-bond acceptors (Lipinski definition) is 4. The molecule has 0 heterocycles. The number of ether oxygens (including phenoxy) is 3. The van der Waals surface area contributed by atoms with Crippen molar-refractivity contribution in [3.8, 4) is 17.2 Å². The molecule has 0 saturated carbocycles. The van der Waals surface area contributed by atoms with Gasteiger partial charge in [0.25, 0.3) is 5.91 Å². The maximum absolute atomic E-state index is 13.5. The van der Waals surface area contributed by atoms with Crippen molar-refractivity contribution in [2.24, 2.45) is 0 Å². The van der Waals surface area contributed by atoms with Crippen LogP contribution in [-0.2, 0) is 17.9 Å². The molecule has 6 heteroatoms. The van der Waals surface area contributed by atoms with E-state index in [0.29, 0.717) is 18.1 Å². The Kier molecular flexibility index (Phi) is 7.05. The van der Waals surface area contributed by atoms with E-state index in [1.807, 2.05) is 36.4 Å². The molecule has 0 aliphatic rings. The molecule has 0 unspecified atom stereocenters. The van der Waals surface area contributed by atoms with Gasteiger partial charge in [0, 0.05) is 6.54 Å². The van der Waals surface area contributed by atoms with Gasteiger partial charge in [-0.25, -0.2) is 4.39 Å². The summed E-state index contributed by atoms with van der Waals surface area (Å²) in [6.07, 6.45) is 0. The molecule has 0 aliphatic heterocycles. The number of methoxy groups -OCH3 is 1. The smallest absolute Gasteiger partial charge is 0.258 e. The lowest BCUT2D eigenvalue weighted by Crippen LogP contribution is -2.28. The summed E-state index contributed by atoms with van der Waals surface area (Å²) in [6.45, 7) is 0.450. The molecule has 150 valence electrons. The summed E-state index contributed by atoms with van der Waals surface area (Å²) in [5.41, 5.74) is 1.90. The fraction of sp³-hybridized carbons (Fsp3) is 0.174. The van der Waals surface area contributed by atoms with Crippen LogP contribution in [0.1, 0.15) is 11.1 Å². The van der Waals surface area contributed by atoms with E-state index >= 15 is 0 Å². The Morgan fingerprint density at radius 2 is 1.62 bits per heavy atom. The third-order valence-corrected chi connectivity index (χ3v) is 4.15. The van der Waals surface area contributed by atoms with Crippen LogP contribution in [0.15, 0.2) is 72.8 Å². The summed E-state index contributed by atoms with van der Waals surface area (Å²) in [7, 11) is 1.56. The van der Waals surface area contributed by atoms with E-state index in [1.165, 1.54) is 12.1 Å². The molecule has 0 spiro atoms. The second kappa shape index (κ2) is 10.1. The van der Waals surface area contributed by atoms with Gasteiger partial charge in [0.1, 0.15) is 6.61 Å². The number of para-hydroxylation sites is 1. The molecule has 0 bridgehead atoms. The molecule has 1 N–H and O–H groups in total. The first kappa shape index (κ1) is 20.2. The van der Waals surface area contributed by atoms with Crippen LogP contribution in [-0.4, -0.2) is 19.6 Å². The third kappa shape index (κ3) is 5.97. The highest BCUT2D eigenvalue weighted by atomic mass is 19.1. The lowest BCUT2D eigenvalue weighted by molar-refractivity contribution is -0.123. The zero-order valence-corrected chi connectivity index (χ0v) is 16.1. The fourth-order valence-electron chi connectivity index (χ4n) is 2.63. The molecule has 0 aliphatic carbocycles. The van der Waals surface area contributed by atoms with Crippen LogP contribution in [0.3, 0.4) is 0 Å². The quantitative estimate of drug-likeness (QED) is 0.593. The Balaban J connectivity index is 1.51. The Hall–Kier alpha value is -3.54. The third-order valence-electron chi connectivity index (χ3n) is 4.15. The van der Waals surface area contributed by atoms with Gasteiger partial charge in [0.15, 0.2) is 29.7 Å². The van der Waals surface area contributed by atoms with Crippen molar-refractivity contribution in [2.75, 3.05) is 13.7 Å². The number of amides is 1. The Morgan fingerprint density at radius 1 is 0.862 bits per heavy atom. The molecule has 3 aromatic rings. The number of hydrogen-bond donors (Lipinski definition) is 1. The molecule has 0 saturated heterocycles. The Labute approximate surface area is 169 Å². The standard InChI is InChI=1S/C23H22FNO4/c1-27-22-13-18(11-12-21(22)28-15-17-7-3-2-4-8-17)14-25-23(26)16-29-20-10-6-5-9-19(20)24/h2-13H,14-16H2,1H3,(H,25,26). The molecule has 0 aromatic heterocycles. The van der Waals surface area contributed by atoms with E-state index in [4.69, 9.17) is 14.2 Å². The predicted molar refractivity (Wildman–Crippen MR) is 108 cm³/mol. The van der Waals surface area contributed by atoms with Gasteiger partial charge in [0.05, 0.1) is 7.11 Å². The largest absolute Gasteiger partial charge is 0.493 e. The summed E-state index contributed by atoms with van der Waals surface area (Å²) in [5, 5.41) is 2.73. The van der Waals surface area contributed by atoms with Gasteiger partial charge in [-0.05, 0) is 35.4 Å². The number of benzene rings is 3. The number of rotatable bonds is 9. The summed E-state index contributed by atoms with van der Waals surface area (Å²) in [6, 6.07) is 21.2. The van der Waals surface area contributed by atoms with Gasteiger partial charge < -0.3 is 19.5 Å². The van der Waals surface area contributed by atoms with Crippen molar-refractivity contribution >= 4 is 5.91 Å². The van der Waals surface area contributed by atoms with Gasteiger partial charge >= 0.3 is 0 Å². The molecule has 5 nitrogen and oxygen atoms in total. The van der Waals surface area contributed by atoms with Crippen LogP contribution >= 0.6 is 0 Å². The Bertz CT molecular complexity index is 947. The lowest BCUT2D eigenvalue weighted by atomic mass is 10.2. The van der Waals surface area contributed by atoms with E-state index < -0.39 is 5.82 Å². The van der Waals surface area contributed by atoms with Crippen molar-refractivity contribution in [1.82, 2.24) is 5.32 Å². The maximum Gasteiger partial charge on any atom is 0.258 e. The molecule has 3 rings (SSSR count). The molecule has 29 heavy (non-hydrogen) atoms. The molecule has 3 aromatic carbocycles. The highest BCUT2D eigenvalue weighted by Gasteiger charge is 2.09. The van der Waals surface area contributed by atoms with Crippen LogP contribution in [0, 0.1) is 5.82 Å². The van der Waals surface area contributed by atoms with Crippen molar-refractivity contribution in [1.29, 1.82) is 0 Å². The van der Waals surface area contributed by atoms with Gasteiger partial charge in [-0.1, -0.05) is 48.5 Å². The minimum Gasteiger partial charge on any atom is -0.493 e. The van der Waals surface area contributed by atoms with Gasteiger partial charge in [-0.3, -0.25) is 4.79 Å². The van der Waals surface area contributed by atoms with Gasteiger partial charge in [0.2, 0.25) is 0 Å². The summed E-state index contributed by atoms with van der Waals surface area (Å²) in [4.78, 5) is 12.0. The topological polar surface area (TPSA) is 56.8 Å². The van der Waals surface area contributed by atoms with E-state index in [0.717, 1.165) is 11.1 Å². The second-order valence-electron chi connectivity index (χ2n) is 6.26. The minimum absolute atomic E-state index is 0.0456. The summed E-state index contributed by atoms with van der Waals surface area (Å²) < 4.78 is 29.9. The van der Waals surface area contributed by atoms with Crippen LogP contribution in [0.4, 0.5) is 4.39 Å². The molecular formula is C23H22FNO4. The van der Waals surface area contributed by atoms with Crippen molar-refractivity contribution in [2.45, 2.75) is 13.2 Å². The molecule has 1 amide bonds. The van der Waals surface area contributed by atoms with Crippen molar-refractivity contribution < 1.29 is 23.4 Å². The van der Waals surface area contributed by atoms with Gasteiger partial charge in [-0.15, -0.1) is 0 Å². The van der Waals surface area contributed by atoms with E-state index in [2.05, 4.69) is 5.32 Å².